The molecule has 2 aliphatic rings. The lowest BCUT2D eigenvalue weighted by Crippen LogP contribution is -2.37. The Morgan fingerprint density at radius 2 is 1.75 bits per heavy atom. The summed E-state index contributed by atoms with van der Waals surface area (Å²) in [7, 11) is 0. The van der Waals surface area contributed by atoms with E-state index in [1.165, 1.54) is 18.2 Å². The number of phenols is 1. The zero-order valence-corrected chi connectivity index (χ0v) is 14.6. The van der Waals surface area contributed by atoms with Crippen molar-refractivity contribution in [2.24, 2.45) is 0 Å². The van der Waals surface area contributed by atoms with E-state index in [0.29, 0.717) is 29.0 Å². The maximum Gasteiger partial charge on any atom is 0.244 e. The lowest BCUT2D eigenvalue weighted by molar-refractivity contribution is -0.118. The van der Waals surface area contributed by atoms with E-state index in [0.717, 1.165) is 18.1 Å². The van der Waals surface area contributed by atoms with Gasteiger partial charge in [0.05, 0.1) is 12.3 Å². The molecule has 0 bridgehead atoms. The van der Waals surface area contributed by atoms with Crippen molar-refractivity contribution in [2.75, 3.05) is 11.9 Å². The second-order valence-electron chi connectivity index (χ2n) is 6.96. The van der Waals surface area contributed by atoms with Crippen molar-refractivity contribution in [1.82, 2.24) is 0 Å². The van der Waals surface area contributed by atoms with Crippen LogP contribution in [0.3, 0.4) is 0 Å². The molecule has 6 heteroatoms. The lowest BCUT2D eigenvalue weighted by atomic mass is 9.70. The summed E-state index contributed by atoms with van der Waals surface area (Å²) < 4.78 is 34.0. The molecule has 3 aromatic rings. The quantitative estimate of drug-likeness (QED) is 0.710. The fraction of sp³-hybridized carbons (Fsp3) is 0.136. The molecule has 0 radical (unpaired) electrons. The third-order valence-corrected chi connectivity index (χ3v) is 5.51. The van der Waals surface area contributed by atoms with Crippen molar-refractivity contribution in [3.05, 3.63) is 88.5 Å². The van der Waals surface area contributed by atoms with Crippen LogP contribution >= 0.6 is 0 Å². The van der Waals surface area contributed by atoms with E-state index in [2.05, 4.69) is 5.32 Å². The molecule has 5 rings (SSSR count). The zero-order valence-electron chi connectivity index (χ0n) is 14.6. The highest BCUT2D eigenvalue weighted by Gasteiger charge is 2.51. The number of fused-ring (bicyclic) bond motifs is 2. The Balaban J connectivity index is 1.84. The molecular weight excluding hydrogens is 364 g/mol. The van der Waals surface area contributed by atoms with E-state index in [1.54, 1.807) is 18.2 Å². The van der Waals surface area contributed by atoms with Gasteiger partial charge >= 0.3 is 0 Å². The zero-order chi connectivity index (χ0) is 19.5. The van der Waals surface area contributed by atoms with E-state index in [4.69, 9.17) is 4.74 Å². The molecule has 3 aromatic carbocycles. The summed E-state index contributed by atoms with van der Waals surface area (Å²) in [5.41, 5.74) is 0.915. The number of carbonyl (C=O) groups is 1. The Kier molecular flexibility index (Phi) is 3.46. The first-order chi connectivity index (χ1) is 13.5. The number of carbonyl (C=O) groups excluding carboxylic acids is 1. The number of hydrogen-bond donors (Lipinski definition) is 2. The van der Waals surface area contributed by atoms with E-state index in [9.17, 15) is 18.7 Å². The van der Waals surface area contributed by atoms with Gasteiger partial charge in [0, 0.05) is 12.0 Å². The number of nitrogens with one attached hydrogen (secondary N) is 1. The highest BCUT2D eigenvalue weighted by atomic mass is 19.2. The maximum absolute atomic E-state index is 14.5. The number of amides is 1. The van der Waals surface area contributed by atoms with Gasteiger partial charge in [-0.25, -0.2) is 8.78 Å². The van der Waals surface area contributed by atoms with Gasteiger partial charge in [0.1, 0.15) is 16.9 Å². The molecular formula is C22H15F2NO3. The van der Waals surface area contributed by atoms with Crippen LogP contribution < -0.4 is 10.1 Å². The summed E-state index contributed by atoms with van der Waals surface area (Å²) >= 11 is 0. The standard InChI is InChI=1S/C22H15F2NO3/c23-17-8-7-16-20(19(17)24)25-21(27)22(16,13-3-5-15(26)6-4-13)14-2-1-12-9-10-28-18(12)11-14/h1-8,11,26H,9-10H2,(H,25,27). The SMILES string of the molecule is O=C1Nc2c(ccc(F)c2F)C1(c1ccc(O)cc1)c1ccc2c(c1)OCC2. The Labute approximate surface area is 159 Å². The van der Waals surface area contributed by atoms with Crippen LogP contribution in [-0.2, 0) is 16.6 Å². The molecule has 28 heavy (non-hydrogen) atoms. The molecule has 1 amide bonds. The number of anilines is 1. The third kappa shape index (κ3) is 2.11. The first-order valence-electron chi connectivity index (χ1n) is 8.87. The average molecular weight is 379 g/mol. The first-order valence-corrected chi connectivity index (χ1v) is 8.87. The van der Waals surface area contributed by atoms with Gasteiger partial charge in [-0.3, -0.25) is 4.79 Å². The van der Waals surface area contributed by atoms with Gasteiger partial charge in [0.25, 0.3) is 0 Å². The Morgan fingerprint density at radius 3 is 2.54 bits per heavy atom. The van der Waals surface area contributed by atoms with Gasteiger partial charge < -0.3 is 15.2 Å². The Hall–Kier alpha value is -3.41. The largest absolute Gasteiger partial charge is 0.508 e. The Bertz CT molecular complexity index is 1130. The van der Waals surface area contributed by atoms with Gasteiger partial charge in [-0.15, -0.1) is 0 Å². The van der Waals surface area contributed by atoms with Crippen LogP contribution in [-0.4, -0.2) is 17.6 Å². The van der Waals surface area contributed by atoms with E-state index < -0.39 is 23.0 Å². The van der Waals surface area contributed by atoms with Crippen molar-refractivity contribution in [2.45, 2.75) is 11.8 Å². The minimum Gasteiger partial charge on any atom is -0.508 e. The predicted octanol–water partition coefficient (Wildman–Crippen LogP) is 3.89. The van der Waals surface area contributed by atoms with Gasteiger partial charge in [-0.2, -0.15) is 0 Å². The van der Waals surface area contributed by atoms with Crippen molar-refractivity contribution in [3.63, 3.8) is 0 Å². The van der Waals surface area contributed by atoms with E-state index in [1.807, 2.05) is 12.1 Å². The molecule has 0 saturated carbocycles. The van der Waals surface area contributed by atoms with Gasteiger partial charge in [0.2, 0.25) is 5.91 Å². The van der Waals surface area contributed by atoms with Crippen molar-refractivity contribution in [1.29, 1.82) is 0 Å². The molecule has 1 atom stereocenters. The lowest BCUT2D eigenvalue weighted by Gasteiger charge is -2.29. The number of phenolic OH excluding ortho intramolecular Hbond substituents is 1. The van der Waals surface area contributed by atoms with Crippen LogP contribution in [0.1, 0.15) is 22.3 Å². The van der Waals surface area contributed by atoms with Crippen LogP contribution in [0.5, 0.6) is 11.5 Å². The molecule has 0 aromatic heterocycles. The number of benzene rings is 3. The minimum atomic E-state index is -1.39. The summed E-state index contributed by atoms with van der Waals surface area (Å²) in [5, 5.41) is 12.2. The normalized spacial score (nSPS) is 19.7. The van der Waals surface area contributed by atoms with Crippen LogP contribution in [0.15, 0.2) is 54.6 Å². The van der Waals surface area contributed by atoms with Crippen molar-refractivity contribution >= 4 is 11.6 Å². The molecule has 2 aliphatic heterocycles. The first kappa shape index (κ1) is 16.7. The number of aromatic hydroxyl groups is 1. The van der Waals surface area contributed by atoms with Crippen LogP contribution in [0.25, 0.3) is 0 Å². The minimum absolute atomic E-state index is 0.0418. The molecule has 0 fully saturated rings. The smallest absolute Gasteiger partial charge is 0.244 e. The summed E-state index contributed by atoms with van der Waals surface area (Å²) in [6.45, 7) is 0.563. The van der Waals surface area contributed by atoms with Crippen LogP contribution in [0, 0.1) is 11.6 Å². The fourth-order valence-corrected chi connectivity index (χ4v) is 4.17. The molecule has 2 heterocycles. The number of hydrogen-bond acceptors (Lipinski definition) is 3. The molecule has 140 valence electrons. The second-order valence-corrected chi connectivity index (χ2v) is 6.96. The topological polar surface area (TPSA) is 58.6 Å². The van der Waals surface area contributed by atoms with Crippen molar-refractivity contribution in [3.8, 4) is 11.5 Å². The number of ether oxygens (including phenoxy) is 1. The third-order valence-electron chi connectivity index (χ3n) is 5.51. The van der Waals surface area contributed by atoms with Crippen LogP contribution in [0.2, 0.25) is 0 Å². The summed E-state index contributed by atoms with van der Waals surface area (Å²) in [6.07, 6.45) is 0.782. The highest BCUT2D eigenvalue weighted by Crippen LogP contribution is 2.50. The van der Waals surface area contributed by atoms with Gasteiger partial charge in [-0.05, 0) is 41.0 Å². The average Bonchev–Trinajstić information content (AvgIpc) is 3.27. The predicted molar refractivity (Wildman–Crippen MR) is 98.6 cm³/mol. The van der Waals surface area contributed by atoms with Crippen LogP contribution in [0.4, 0.5) is 14.5 Å². The summed E-state index contributed by atoms with van der Waals surface area (Å²) in [5.74, 6) is -1.89. The molecule has 0 spiro atoms. The van der Waals surface area contributed by atoms with E-state index >= 15 is 0 Å². The fourth-order valence-electron chi connectivity index (χ4n) is 4.17. The van der Waals surface area contributed by atoms with Gasteiger partial charge in [0.15, 0.2) is 11.6 Å². The molecule has 0 saturated heterocycles. The second kappa shape index (κ2) is 5.79. The molecule has 1 unspecified atom stereocenters. The highest BCUT2D eigenvalue weighted by molar-refractivity contribution is 6.11. The summed E-state index contributed by atoms with van der Waals surface area (Å²) in [4.78, 5) is 13.3. The number of rotatable bonds is 2. The Morgan fingerprint density at radius 1 is 1.00 bits per heavy atom. The van der Waals surface area contributed by atoms with Crippen molar-refractivity contribution < 1.29 is 23.4 Å². The maximum atomic E-state index is 14.5. The molecule has 4 nitrogen and oxygen atoms in total. The van der Waals surface area contributed by atoms with E-state index in [-0.39, 0.29) is 11.4 Å². The van der Waals surface area contributed by atoms with Gasteiger partial charge in [-0.1, -0.05) is 30.3 Å². The molecule has 2 N–H and O–H groups in total. The monoisotopic (exact) mass is 379 g/mol. The molecule has 0 aliphatic carbocycles. The summed E-state index contributed by atoms with van der Waals surface area (Å²) in [6, 6.07) is 14.1. The number of halogens is 2.